The van der Waals surface area contributed by atoms with Crippen molar-refractivity contribution < 1.29 is 4.79 Å². The zero-order valence-corrected chi connectivity index (χ0v) is 11.6. The normalized spacial score (nSPS) is 12.6. The quantitative estimate of drug-likeness (QED) is 0.455. The summed E-state index contributed by atoms with van der Waals surface area (Å²) in [5.74, 6) is 0.114. The highest BCUT2D eigenvalue weighted by molar-refractivity contribution is 9.10. The van der Waals surface area contributed by atoms with Crippen molar-refractivity contribution in [1.29, 1.82) is 0 Å². The van der Waals surface area contributed by atoms with E-state index < -0.39 is 0 Å². The van der Waals surface area contributed by atoms with Crippen molar-refractivity contribution in [3.8, 4) is 11.1 Å². The third-order valence-electron chi connectivity index (χ3n) is 3.66. The predicted molar refractivity (Wildman–Crippen MR) is 80.5 cm³/mol. The zero-order chi connectivity index (χ0) is 13.0. The molecular weight excluding hydrogens is 300 g/mol. The minimum absolute atomic E-state index is 0.114. The minimum atomic E-state index is 0.114. The number of carbonyl (C=O) groups is 1. The third kappa shape index (κ3) is 1.44. The van der Waals surface area contributed by atoms with Gasteiger partial charge < -0.3 is 0 Å². The van der Waals surface area contributed by atoms with Gasteiger partial charge in [0.15, 0.2) is 5.78 Å². The molecule has 0 N–H and O–H groups in total. The van der Waals surface area contributed by atoms with E-state index in [1.54, 1.807) is 0 Å². The number of hydrogen-bond acceptors (Lipinski definition) is 1. The van der Waals surface area contributed by atoms with Crippen molar-refractivity contribution in [2.75, 3.05) is 0 Å². The molecule has 90 valence electrons. The largest absolute Gasteiger partial charge is 0.289 e. The average Bonchev–Trinajstić information content (AvgIpc) is 2.71. The van der Waals surface area contributed by atoms with Gasteiger partial charge in [-0.2, -0.15) is 0 Å². The van der Waals surface area contributed by atoms with Crippen molar-refractivity contribution in [2.24, 2.45) is 0 Å². The van der Waals surface area contributed by atoms with E-state index in [-0.39, 0.29) is 5.78 Å². The fourth-order valence-electron chi connectivity index (χ4n) is 2.77. The van der Waals surface area contributed by atoms with Gasteiger partial charge in [0.2, 0.25) is 0 Å². The first-order valence-electron chi connectivity index (χ1n) is 6.12. The predicted octanol–water partition coefficient (Wildman–Crippen LogP) is 4.81. The van der Waals surface area contributed by atoms with Crippen LogP contribution in [0.4, 0.5) is 0 Å². The molecule has 0 aliphatic heterocycles. The van der Waals surface area contributed by atoms with E-state index >= 15 is 0 Å². The molecule has 19 heavy (non-hydrogen) atoms. The standard InChI is InChI=1S/C17H9BrO/c18-15-7-3-6-12-13-8-10-4-1-2-5-11(10)9-14(13)17(19)16(12)15/h1-9H. The molecule has 0 saturated carbocycles. The molecule has 0 atom stereocenters. The summed E-state index contributed by atoms with van der Waals surface area (Å²) >= 11 is 3.48. The Labute approximate surface area is 119 Å². The van der Waals surface area contributed by atoms with Crippen molar-refractivity contribution in [3.05, 3.63) is 70.2 Å². The highest BCUT2D eigenvalue weighted by atomic mass is 79.9. The smallest absolute Gasteiger partial charge is 0.195 e. The molecule has 0 heterocycles. The Morgan fingerprint density at radius 1 is 0.737 bits per heavy atom. The number of hydrogen-bond donors (Lipinski definition) is 0. The first kappa shape index (κ1) is 10.9. The van der Waals surface area contributed by atoms with Gasteiger partial charge in [-0.3, -0.25) is 4.79 Å². The van der Waals surface area contributed by atoms with Crippen molar-refractivity contribution in [1.82, 2.24) is 0 Å². The SMILES string of the molecule is O=C1c2cc3ccccc3cc2-c2cccc(Br)c21. The highest BCUT2D eigenvalue weighted by Gasteiger charge is 2.28. The first-order chi connectivity index (χ1) is 9.25. The Balaban J connectivity index is 2.14. The fourth-order valence-corrected chi connectivity index (χ4v) is 3.31. The van der Waals surface area contributed by atoms with Gasteiger partial charge >= 0.3 is 0 Å². The van der Waals surface area contributed by atoms with Crippen LogP contribution in [0.3, 0.4) is 0 Å². The molecule has 0 unspecified atom stereocenters. The lowest BCUT2D eigenvalue weighted by molar-refractivity contribution is 0.104. The topological polar surface area (TPSA) is 17.1 Å². The van der Waals surface area contributed by atoms with Crippen LogP contribution in [0.25, 0.3) is 21.9 Å². The van der Waals surface area contributed by atoms with E-state index in [9.17, 15) is 4.79 Å². The molecule has 1 nitrogen and oxygen atoms in total. The monoisotopic (exact) mass is 308 g/mol. The number of rotatable bonds is 0. The molecule has 1 aliphatic carbocycles. The van der Waals surface area contributed by atoms with Gasteiger partial charge in [-0.05, 0) is 40.1 Å². The molecule has 0 amide bonds. The van der Waals surface area contributed by atoms with E-state index in [1.807, 2.05) is 42.5 Å². The zero-order valence-electron chi connectivity index (χ0n) is 9.98. The van der Waals surface area contributed by atoms with Gasteiger partial charge in [-0.15, -0.1) is 0 Å². The number of halogens is 1. The van der Waals surface area contributed by atoms with Crippen molar-refractivity contribution >= 4 is 32.5 Å². The summed E-state index contributed by atoms with van der Waals surface area (Å²) in [6.45, 7) is 0. The van der Waals surface area contributed by atoms with E-state index in [4.69, 9.17) is 0 Å². The minimum Gasteiger partial charge on any atom is -0.289 e. The van der Waals surface area contributed by atoms with Crippen molar-refractivity contribution in [3.63, 3.8) is 0 Å². The Morgan fingerprint density at radius 2 is 1.42 bits per heavy atom. The van der Waals surface area contributed by atoms with Gasteiger partial charge in [-0.25, -0.2) is 0 Å². The molecule has 0 fully saturated rings. The maximum atomic E-state index is 12.5. The van der Waals surface area contributed by atoms with Crippen LogP contribution < -0.4 is 0 Å². The van der Waals surface area contributed by atoms with Gasteiger partial charge in [0.1, 0.15) is 0 Å². The van der Waals surface area contributed by atoms with E-state index in [2.05, 4.69) is 28.1 Å². The number of ketones is 1. The van der Waals surface area contributed by atoms with Gasteiger partial charge in [-0.1, -0.05) is 52.3 Å². The third-order valence-corrected chi connectivity index (χ3v) is 4.32. The Bertz CT molecular complexity index is 849. The van der Waals surface area contributed by atoms with Crippen LogP contribution in [-0.4, -0.2) is 5.78 Å². The molecule has 3 aromatic carbocycles. The molecule has 3 aromatic rings. The molecule has 4 rings (SSSR count). The van der Waals surface area contributed by atoms with Gasteiger partial charge in [0.05, 0.1) is 0 Å². The Hall–Kier alpha value is -1.93. The Morgan fingerprint density at radius 3 is 2.16 bits per heavy atom. The lowest BCUT2D eigenvalue weighted by Gasteiger charge is -2.03. The molecular formula is C17H9BrO. The van der Waals surface area contributed by atoms with E-state index in [1.165, 1.54) is 5.39 Å². The second kappa shape index (κ2) is 3.78. The summed E-state index contributed by atoms with van der Waals surface area (Å²) in [5, 5.41) is 2.28. The fraction of sp³-hybridized carbons (Fsp3) is 0. The summed E-state index contributed by atoms with van der Waals surface area (Å²) < 4.78 is 0.871. The Kier molecular flexibility index (Phi) is 2.18. The van der Waals surface area contributed by atoms with E-state index in [0.29, 0.717) is 0 Å². The molecule has 0 spiro atoms. The molecule has 1 aliphatic rings. The van der Waals surface area contributed by atoms with Crippen LogP contribution in [0.1, 0.15) is 15.9 Å². The lowest BCUT2D eigenvalue weighted by atomic mass is 10.0. The summed E-state index contributed by atoms with van der Waals surface area (Å²) in [7, 11) is 0. The van der Waals surface area contributed by atoms with Gasteiger partial charge in [0.25, 0.3) is 0 Å². The first-order valence-corrected chi connectivity index (χ1v) is 6.91. The van der Waals surface area contributed by atoms with Crippen molar-refractivity contribution in [2.45, 2.75) is 0 Å². The average molecular weight is 309 g/mol. The van der Waals surface area contributed by atoms with Crippen LogP contribution in [0.5, 0.6) is 0 Å². The number of fused-ring (bicyclic) bond motifs is 4. The van der Waals surface area contributed by atoms with E-state index in [0.717, 1.165) is 32.1 Å². The van der Waals surface area contributed by atoms with Gasteiger partial charge in [0, 0.05) is 15.6 Å². The summed E-state index contributed by atoms with van der Waals surface area (Å²) in [5.41, 5.74) is 3.66. The van der Waals surface area contributed by atoms with Crippen LogP contribution in [0, 0.1) is 0 Å². The molecule has 0 aromatic heterocycles. The second-order valence-corrected chi connectivity index (χ2v) is 5.59. The van der Waals surface area contributed by atoms with Crippen LogP contribution >= 0.6 is 15.9 Å². The molecule has 0 bridgehead atoms. The maximum absolute atomic E-state index is 12.5. The van der Waals surface area contributed by atoms with Crippen LogP contribution in [-0.2, 0) is 0 Å². The lowest BCUT2D eigenvalue weighted by Crippen LogP contribution is -1.96. The maximum Gasteiger partial charge on any atom is 0.195 e. The molecule has 0 saturated heterocycles. The second-order valence-electron chi connectivity index (χ2n) is 4.74. The molecule has 0 radical (unpaired) electrons. The van der Waals surface area contributed by atoms with Crippen LogP contribution in [0.2, 0.25) is 0 Å². The summed E-state index contributed by atoms with van der Waals surface area (Å²) in [4.78, 5) is 12.5. The summed E-state index contributed by atoms with van der Waals surface area (Å²) in [6.07, 6.45) is 0. The highest BCUT2D eigenvalue weighted by Crippen LogP contribution is 2.41. The summed E-state index contributed by atoms with van der Waals surface area (Å²) in [6, 6.07) is 18.2. The van der Waals surface area contributed by atoms with Crippen LogP contribution in [0.15, 0.2) is 59.1 Å². The number of benzene rings is 3. The molecule has 2 heteroatoms. The number of carbonyl (C=O) groups excluding carboxylic acids is 1.